The number of hydrogen-bond donors (Lipinski definition) is 1. The van der Waals surface area contributed by atoms with Gasteiger partial charge in [-0.2, -0.15) is 9.97 Å². The zero-order valence-corrected chi connectivity index (χ0v) is 19.6. The van der Waals surface area contributed by atoms with Gasteiger partial charge in [0.2, 0.25) is 5.88 Å². The van der Waals surface area contributed by atoms with Crippen LogP contribution in [0.3, 0.4) is 0 Å². The number of aryl methyl sites for hydroxylation is 1. The van der Waals surface area contributed by atoms with Gasteiger partial charge >= 0.3 is 18.1 Å². The van der Waals surface area contributed by atoms with Crippen molar-refractivity contribution >= 4 is 12.1 Å². The summed E-state index contributed by atoms with van der Waals surface area (Å²) in [6.07, 6.45) is -0.489. The zero-order chi connectivity index (χ0) is 23.9. The van der Waals surface area contributed by atoms with E-state index in [1.807, 2.05) is 20.8 Å². The molecule has 0 bridgehead atoms. The fourth-order valence-electron chi connectivity index (χ4n) is 2.68. The van der Waals surface area contributed by atoms with Crippen LogP contribution >= 0.6 is 0 Å². The van der Waals surface area contributed by atoms with Crippen molar-refractivity contribution in [3.05, 3.63) is 41.6 Å². The average molecular weight is 446 g/mol. The second kappa shape index (κ2) is 10.8. The summed E-state index contributed by atoms with van der Waals surface area (Å²) in [5.74, 6) is 0.389. The van der Waals surface area contributed by atoms with Gasteiger partial charge in [0.05, 0.1) is 13.2 Å². The molecule has 1 N–H and O–H groups in total. The van der Waals surface area contributed by atoms with Gasteiger partial charge in [-0.15, -0.1) is 0 Å². The van der Waals surface area contributed by atoms with Gasteiger partial charge in [0.1, 0.15) is 17.4 Å². The third-order valence-electron chi connectivity index (χ3n) is 3.92. The summed E-state index contributed by atoms with van der Waals surface area (Å²) in [7, 11) is 1.27. The largest absolute Gasteiger partial charge is 0.475 e. The summed E-state index contributed by atoms with van der Waals surface area (Å²) in [4.78, 5) is 32.7. The maximum absolute atomic E-state index is 12.1. The van der Waals surface area contributed by atoms with E-state index in [1.54, 1.807) is 51.1 Å². The minimum atomic E-state index is -0.891. The lowest BCUT2D eigenvalue weighted by Gasteiger charge is -2.22. The summed E-state index contributed by atoms with van der Waals surface area (Å²) in [5.41, 5.74) is 0.830. The Morgan fingerprint density at radius 2 is 1.75 bits per heavy atom. The first-order chi connectivity index (χ1) is 14.9. The number of hydrogen-bond acceptors (Lipinski definition) is 8. The Morgan fingerprint density at radius 3 is 2.31 bits per heavy atom. The first-order valence-electron chi connectivity index (χ1n) is 10.3. The number of methoxy groups -OCH3 is 1. The predicted molar refractivity (Wildman–Crippen MR) is 118 cm³/mol. The average Bonchev–Trinajstić information content (AvgIpc) is 2.65. The van der Waals surface area contributed by atoms with Crippen molar-refractivity contribution in [2.24, 2.45) is 0 Å². The Morgan fingerprint density at radius 1 is 1.09 bits per heavy atom. The number of nitrogens with zero attached hydrogens (tertiary/aromatic N) is 2. The van der Waals surface area contributed by atoms with Crippen LogP contribution in [-0.2, 0) is 20.7 Å². The van der Waals surface area contributed by atoms with Crippen molar-refractivity contribution in [3.63, 3.8) is 0 Å². The highest BCUT2D eigenvalue weighted by Crippen LogP contribution is 2.22. The van der Waals surface area contributed by atoms with Crippen LogP contribution in [0.25, 0.3) is 0 Å². The van der Waals surface area contributed by atoms with Gasteiger partial charge in [-0.05, 0) is 59.2 Å². The van der Waals surface area contributed by atoms with Gasteiger partial charge in [-0.1, -0.05) is 12.1 Å². The molecule has 0 fully saturated rings. The lowest BCUT2D eigenvalue weighted by molar-refractivity contribution is -0.143. The number of carbonyl (C=O) groups is 2. The lowest BCUT2D eigenvalue weighted by atomic mass is 10.1. The van der Waals surface area contributed by atoms with E-state index in [2.05, 4.69) is 15.3 Å². The third-order valence-corrected chi connectivity index (χ3v) is 3.92. The van der Waals surface area contributed by atoms with Crippen molar-refractivity contribution in [1.82, 2.24) is 15.3 Å². The second-order valence-electron chi connectivity index (χ2n) is 8.47. The van der Waals surface area contributed by atoms with Crippen LogP contribution in [0.15, 0.2) is 30.3 Å². The zero-order valence-electron chi connectivity index (χ0n) is 19.6. The van der Waals surface area contributed by atoms with Crippen molar-refractivity contribution < 1.29 is 28.5 Å². The second-order valence-corrected chi connectivity index (χ2v) is 8.47. The molecule has 1 atom stereocenters. The maximum atomic E-state index is 12.1. The highest BCUT2D eigenvalue weighted by molar-refractivity contribution is 5.81. The molecule has 0 saturated heterocycles. The molecule has 9 heteroatoms. The molecule has 0 unspecified atom stereocenters. The molecule has 2 aromatic rings. The smallest absolute Gasteiger partial charge is 0.408 e. The van der Waals surface area contributed by atoms with Crippen LogP contribution in [-0.4, -0.2) is 46.9 Å². The number of benzene rings is 1. The van der Waals surface area contributed by atoms with Gasteiger partial charge in [0.15, 0.2) is 0 Å². The topological polar surface area (TPSA) is 109 Å². The molecule has 0 saturated carbocycles. The first-order valence-corrected chi connectivity index (χ1v) is 10.3. The number of carbonyl (C=O) groups excluding carboxylic acids is 2. The number of aromatic nitrogens is 2. The summed E-state index contributed by atoms with van der Waals surface area (Å²) in [6.45, 7) is 10.9. The van der Waals surface area contributed by atoms with Crippen LogP contribution < -0.4 is 14.8 Å². The van der Waals surface area contributed by atoms with Crippen LogP contribution in [0, 0.1) is 6.92 Å². The van der Waals surface area contributed by atoms with E-state index >= 15 is 0 Å². The van der Waals surface area contributed by atoms with Gasteiger partial charge in [-0.25, -0.2) is 9.59 Å². The minimum absolute atomic E-state index is 0.0199. The highest BCUT2D eigenvalue weighted by Gasteiger charge is 2.25. The number of esters is 1. The molecule has 0 radical (unpaired) electrons. The SMILES string of the molecule is COC(=O)[C@H](Cc1ccc(Oc2nc(C)cc(OC(C)C)n2)cc1)NC(=O)OC(C)(C)C. The molecule has 0 aliphatic heterocycles. The van der Waals surface area contributed by atoms with Gasteiger partial charge in [0.25, 0.3) is 0 Å². The number of alkyl carbamates (subject to hydrolysis) is 1. The summed E-state index contributed by atoms with van der Waals surface area (Å²) >= 11 is 0. The highest BCUT2D eigenvalue weighted by atomic mass is 16.6. The molecular formula is C23H31N3O6. The van der Waals surface area contributed by atoms with Crippen LogP contribution in [0.4, 0.5) is 4.79 Å². The van der Waals surface area contributed by atoms with E-state index in [9.17, 15) is 9.59 Å². The fraction of sp³-hybridized carbons (Fsp3) is 0.478. The quantitative estimate of drug-likeness (QED) is 0.608. The Kier molecular flexibility index (Phi) is 8.40. The fourth-order valence-corrected chi connectivity index (χ4v) is 2.68. The lowest BCUT2D eigenvalue weighted by Crippen LogP contribution is -2.45. The van der Waals surface area contributed by atoms with Crippen molar-refractivity contribution in [2.45, 2.75) is 65.7 Å². The molecule has 2 rings (SSSR count). The summed E-state index contributed by atoms with van der Waals surface area (Å²) in [5, 5.41) is 2.55. The van der Waals surface area contributed by atoms with E-state index in [0.29, 0.717) is 11.6 Å². The van der Waals surface area contributed by atoms with Crippen molar-refractivity contribution in [3.8, 4) is 17.6 Å². The van der Waals surface area contributed by atoms with E-state index in [0.717, 1.165) is 11.3 Å². The monoisotopic (exact) mass is 445 g/mol. The molecule has 0 aliphatic carbocycles. The molecule has 1 aromatic heterocycles. The number of nitrogens with one attached hydrogen (secondary N) is 1. The molecule has 9 nitrogen and oxygen atoms in total. The third kappa shape index (κ3) is 8.41. The van der Waals surface area contributed by atoms with Gasteiger partial charge < -0.3 is 24.3 Å². The number of rotatable bonds is 8. The Labute approximate surface area is 188 Å². The van der Waals surface area contributed by atoms with E-state index in [-0.39, 0.29) is 18.5 Å². The van der Waals surface area contributed by atoms with Crippen LogP contribution in [0.5, 0.6) is 17.6 Å². The van der Waals surface area contributed by atoms with Crippen molar-refractivity contribution in [2.75, 3.05) is 7.11 Å². The Bertz CT molecular complexity index is 922. The van der Waals surface area contributed by atoms with E-state index in [4.69, 9.17) is 18.9 Å². The Hall–Kier alpha value is -3.36. The maximum Gasteiger partial charge on any atom is 0.408 e. The Balaban J connectivity index is 2.07. The molecule has 1 aromatic carbocycles. The minimum Gasteiger partial charge on any atom is -0.475 e. The van der Waals surface area contributed by atoms with Crippen LogP contribution in [0.1, 0.15) is 45.9 Å². The van der Waals surface area contributed by atoms with Gasteiger partial charge in [-0.3, -0.25) is 0 Å². The molecule has 0 spiro atoms. The molecule has 1 amide bonds. The van der Waals surface area contributed by atoms with E-state index in [1.165, 1.54) is 7.11 Å². The molecule has 174 valence electrons. The van der Waals surface area contributed by atoms with E-state index < -0.39 is 23.7 Å². The first kappa shape index (κ1) is 24.9. The number of amides is 1. The predicted octanol–water partition coefficient (Wildman–Crippen LogP) is 3.97. The molecule has 1 heterocycles. The molecule has 32 heavy (non-hydrogen) atoms. The number of ether oxygens (including phenoxy) is 4. The van der Waals surface area contributed by atoms with Crippen molar-refractivity contribution in [1.29, 1.82) is 0 Å². The normalized spacial score (nSPS) is 12.1. The molecular weight excluding hydrogens is 414 g/mol. The van der Waals surface area contributed by atoms with Gasteiger partial charge in [0, 0.05) is 18.2 Å². The molecule has 0 aliphatic rings. The van der Waals surface area contributed by atoms with Crippen LogP contribution in [0.2, 0.25) is 0 Å². The summed E-state index contributed by atoms with van der Waals surface area (Å²) < 4.78 is 21.4. The summed E-state index contributed by atoms with van der Waals surface area (Å²) in [6, 6.07) is 8.04. The standard InChI is InChI=1S/C23H31N3O6/c1-14(2)30-19-12-15(3)24-21(26-19)31-17-10-8-16(9-11-17)13-18(20(27)29-7)25-22(28)32-23(4,5)6/h8-12,14,18H,13H2,1-7H3,(H,25,28)/t18-/m0/s1.